The number of carbonyl (C=O) groups is 1. The van der Waals surface area contributed by atoms with Crippen LogP contribution in [0.15, 0.2) is 11.6 Å². The van der Waals surface area contributed by atoms with E-state index in [0.29, 0.717) is 36.2 Å². The summed E-state index contributed by atoms with van der Waals surface area (Å²) in [5.74, 6) is 1.44. The van der Waals surface area contributed by atoms with Crippen LogP contribution in [0.3, 0.4) is 0 Å². The number of nitrogens with two attached hydrogens (primary N) is 1. The van der Waals surface area contributed by atoms with Crippen LogP contribution in [-0.4, -0.2) is 82.2 Å². The number of aromatic nitrogens is 4. The Labute approximate surface area is 308 Å². The summed E-state index contributed by atoms with van der Waals surface area (Å²) in [7, 11) is 4.37. The minimum absolute atomic E-state index is 0.0269. The van der Waals surface area contributed by atoms with Gasteiger partial charge in [-0.3, -0.25) is 4.79 Å². The van der Waals surface area contributed by atoms with Crippen LogP contribution < -0.4 is 5.73 Å². The highest BCUT2D eigenvalue weighted by Gasteiger charge is 2.71. The molecule has 4 fully saturated rings. The second-order valence-corrected chi connectivity index (χ2v) is 20.4. The van der Waals surface area contributed by atoms with Gasteiger partial charge in [-0.2, -0.15) is 5.21 Å². The van der Waals surface area contributed by atoms with E-state index >= 15 is 0 Å². The van der Waals surface area contributed by atoms with Gasteiger partial charge in [0.25, 0.3) is 5.95 Å². The Kier molecular flexibility index (Phi) is 10.5. The maximum atomic E-state index is 13.4. The van der Waals surface area contributed by atoms with Crippen LogP contribution in [0.1, 0.15) is 122 Å². The van der Waals surface area contributed by atoms with Crippen LogP contribution in [-0.2, 0) is 14.3 Å². The molecule has 0 unspecified atom stereocenters. The smallest absolute Gasteiger partial charge is 0.307 e. The van der Waals surface area contributed by atoms with Gasteiger partial charge < -0.3 is 25.2 Å². The molecule has 2 heterocycles. The summed E-state index contributed by atoms with van der Waals surface area (Å²) >= 11 is 0. The molecule has 2 bridgehead atoms. The molecule has 4 aliphatic carbocycles. The predicted octanol–water partition coefficient (Wildman–Crippen LogP) is 7.74. The molecule has 0 radical (unpaired) electrons. The van der Waals surface area contributed by atoms with E-state index in [2.05, 4.69) is 129 Å². The van der Waals surface area contributed by atoms with E-state index in [1.54, 1.807) is 5.57 Å². The number of nitrogens with one attached hydrogen (secondary N) is 1. The number of tetrazole rings is 1. The highest BCUT2D eigenvalue weighted by atomic mass is 16.5. The molecule has 5 aliphatic rings. The maximum Gasteiger partial charge on any atom is 0.307 e. The highest BCUT2D eigenvalue weighted by molar-refractivity contribution is 5.73. The molecular weight excluding hydrogens is 640 g/mol. The van der Waals surface area contributed by atoms with Crippen LogP contribution in [0, 0.1) is 68.0 Å². The Balaban J connectivity index is 0.000000761. The molecule has 4 N–H and O–H groups in total. The van der Waals surface area contributed by atoms with Crippen molar-refractivity contribution in [2.24, 2.45) is 68.0 Å². The Morgan fingerprint density at radius 3 is 2.27 bits per heavy atom. The van der Waals surface area contributed by atoms with Crippen molar-refractivity contribution in [2.45, 2.75) is 133 Å². The number of carboxylic acid groups (broad SMARTS) is 1. The number of hydrogen-bond donors (Lipinski definition) is 3. The Morgan fingerprint density at radius 2 is 1.76 bits per heavy atom. The number of anilines is 1. The molecule has 51 heavy (non-hydrogen) atoms. The largest absolute Gasteiger partial charge is 0.481 e. The van der Waals surface area contributed by atoms with Gasteiger partial charge in [-0.25, -0.2) is 0 Å². The number of hydrogen-bond acceptors (Lipinski definition) is 8. The number of allylic oxidation sites excluding steroid dienone is 1. The van der Waals surface area contributed by atoms with Crippen molar-refractivity contribution < 1.29 is 19.4 Å². The van der Waals surface area contributed by atoms with Gasteiger partial charge in [-0.05, 0) is 116 Å². The Bertz CT molecular complexity index is 1440. The number of ether oxygens (including phenoxy) is 2. The van der Waals surface area contributed by atoms with Crippen molar-refractivity contribution in [1.29, 1.82) is 0 Å². The zero-order chi connectivity index (χ0) is 38.2. The standard InChI is InChI=1S/C40H69NO4.CH3N5/c1-25(2)27(4)35(8)19-20-37(10)28-15-16-30-36(9)22-44-24-40(30,29(28)17-18-38(37,11)31(35)33(42)43)21-26(3)32(36)45-23-39(12,41(13)14)34(5,6)7;2-1-3-5-6-4-1/h17,25-28,30-32H,15-16,18-24H2,1-14H3,(H,42,43);(H3,2,3,4,5,6)/t26-,27-,28+,30+,31-,32+,35-,36+,37-,38+,39-,40+;/m1./s1. The highest BCUT2D eigenvalue weighted by Crippen LogP contribution is 2.75. The maximum absolute atomic E-state index is 13.4. The fourth-order valence-electron chi connectivity index (χ4n) is 12.8. The van der Waals surface area contributed by atoms with Gasteiger partial charge in [-0.15, -0.1) is 5.10 Å². The number of nitrogen functional groups attached to an aromatic ring is 1. The third kappa shape index (κ3) is 6.00. The van der Waals surface area contributed by atoms with Gasteiger partial charge in [0.05, 0.1) is 31.8 Å². The molecule has 1 saturated heterocycles. The predicted molar refractivity (Wildman–Crippen MR) is 203 cm³/mol. The van der Waals surface area contributed by atoms with E-state index in [-0.39, 0.29) is 56.0 Å². The number of likely N-dealkylation sites (N-methyl/N-ethyl adjacent to an activating group) is 1. The zero-order valence-electron chi connectivity index (χ0n) is 34.5. The van der Waals surface area contributed by atoms with E-state index in [1.165, 1.54) is 6.42 Å². The molecule has 10 nitrogen and oxygen atoms in total. The summed E-state index contributed by atoms with van der Waals surface area (Å²) < 4.78 is 13.8. The van der Waals surface area contributed by atoms with Crippen molar-refractivity contribution in [1.82, 2.24) is 25.5 Å². The first-order valence-corrected chi connectivity index (χ1v) is 19.8. The Hall–Kier alpha value is -2.04. The average Bonchev–Trinajstić information content (AvgIpc) is 3.50. The lowest BCUT2D eigenvalue weighted by atomic mass is 9.34. The van der Waals surface area contributed by atoms with E-state index in [4.69, 9.17) is 15.2 Å². The summed E-state index contributed by atoms with van der Waals surface area (Å²) in [6, 6.07) is 0. The molecule has 1 aromatic rings. The van der Waals surface area contributed by atoms with Crippen LogP contribution in [0.4, 0.5) is 5.95 Å². The van der Waals surface area contributed by atoms with Crippen LogP contribution >= 0.6 is 0 Å². The topological polar surface area (TPSA) is 139 Å². The molecule has 1 aliphatic heterocycles. The SMILES string of the molecule is CC(C)[C@@H](C)[C@@]1(C)CC[C@]2(C)[C@H]3CC[C@@H]4[C@@]5(COC[C@]4(C)[C@@H](OC[C@@](C)(N(C)C)C(C)(C)C)[C@H](C)C5)C3=CC[C@@]2(C)[C@@H]1C(=O)O.Nc1nn[nH]n1. The minimum atomic E-state index is -0.582. The second-order valence-electron chi connectivity index (χ2n) is 20.4. The van der Waals surface area contributed by atoms with Crippen molar-refractivity contribution in [3.63, 3.8) is 0 Å². The van der Waals surface area contributed by atoms with Crippen molar-refractivity contribution >= 4 is 11.9 Å². The summed E-state index contributed by atoms with van der Waals surface area (Å²) in [6.45, 7) is 30.5. The van der Waals surface area contributed by atoms with Crippen molar-refractivity contribution in [3.05, 3.63) is 11.6 Å². The third-order valence-electron chi connectivity index (χ3n) is 16.9. The summed E-state index contributed by atoms with van der Waals surface area (Å²) in [5, 5.41) is 23.0. The minimum Gasteiger partial charge on any atom is -0.481 e. The molecule has 1 aromatic heterocycles. The van der Waals surface area contributed by atoms with Crippen LogP contribution in [0.25, 0.3) is 0 Å². The number of carboxylic acids is 1. The molecular formula is C41H72N6O4. The lowest BCUT2D eigenvalue weighted by Crippen LogP contribution is -2.69. The van der Waals surface area contributed by atoms with E-state index < -0.39 is 5.97 Å². The van der Waals surface area contributed by atoms with E-state index in [1.807, 2.05) is 0 Å². The third-order valence-corrected chi connectivity index (χ3v) is 16.9. The second kappa shape index (κ2) is 13.4. The van der Waals surface area contributed by atoms with Gasteiger partial charge in [0.1, 0.15) is 0 Å². The average molecular weight is 713 g/mol. The molecule has 6 rings (SSSR count). The molecule has 10 heteroatoms. The normalized spacial score (nSPS) is 42.4. The number of fused-ring (bicyclic) bond motifs is 3. The molecule has 290 valence electrons. The number of aromatic amines is 1. The lowest BCUT2D eigenvalue weighted by molar-refractivity contribution is -0.256. The van der Waals surface area contributed by atoms with Gasteiger partial charge in [0.15, 0.2) is 0 Å². The first-order chi connectivity index (χ1) is 23.5. The van der Waals surface area contributed by atoms with Gasteiger partial charge >= 0.3 is 5.97 Å². The van der Waals surface area contributed by atoms with Crippen LogP contribution in [0.5, 0.6) is 0 Å². The quantitative estimate of drug-likeness (QED) is 0.242. The lowest BCUT2D eigenvalue weighted by Gasteiger charge is -2.71. The first kappa shape index (κ1) is 40.2. The molecule has 0 aromatic carbocycles. The number of rotatable bonds is 7. The van der Waals surface area contributed by atoms with Gasteiger partial charge in [-0.1, -0.05) is 92.9 Å². The molecule has 0 amide bonds. The summed E-state index contributed by atoms with van der Waals surface area (Å²) in [5.41, 5.74) is 6.04. The van der Waals surface area contributed by atoms with Crippen molar-refractivity contribution in [2.75, 3.05) is 39.6 Å². The van der Waals surface area contributed by atoms with Crippen molar-refractivity contribution in [3.8, 4) is 0 Å². The number of H-pyrrole nitrogens is 1. The Morgan fingerprint density at radius 1 is 1.10 bits per heavy atom. The summed E-state index contributed by atoms with van der Waals surface area (Å²) in [6.07, 6.45) is 9.14. The van der Waals surface area contributed by atoms with E-state index in [9.17, 15) is 9.90 Å². The van der Waals surface area contributed by atoms with Gasteiger partial charge in [0, 0.05) is 16.4 Å². The fraction of sp³-hybridized carbons (Fsp3) is 0.902. The molecule has 0 spiro atoms. The number of aliphatic carboxylic acids is 1. The molecule has 3 saturated carbocycles. The monoisotopic (exact) mass is 713 g/mol. The zero-order valence-corrected chi connectivity index (χ0v) is 34.5. The molecule has 12 atom stereocenters. The van der Waals surface area contributed by atoms with Gasteiger partial charge in [0.2, 0.25) is 0 Å². The van der Waals surface area contributed by atoms with Crippen LogP contribution in [0.2, 0.25) is 0 Å². The first-order valence-electron chi connectivity index (χ1n) is 19.8. The summed E-state index contributed by atoms with van der Waals surface area (Å²) in [4.78, 5) is 15.7. The van der Waals surface area contributed by atoms with E-state index in [0.717, 1.165) is 45.3 Å². The fourth-order valence-corrected chi connectivity index (χ4v) is 12.8. The number of nitrogens with zero attached hydrogens (tertiary/aromatic N) is 4.